The number of benzene rings is 1. The normalized spacial score (nSPS) is 11.1. The molecule has 1 aromatic carbocycles. The van der Waals surface area contributed by atoms with Crippen LogP contribution in [0.25, 0.3) is 16.2 Å². The zero-order valence-electron chi connectivity index (χ0n) is 14.8. The minimum absolute atomic E-state index is 0.466. The molecule has 0 bridgehead atoms. The van der Waals surface area contributed by atoms with Crippen LogP contribution in [0.3, 0.4) is 0 Å². The summed E-state index contributed by atoms with van der Waals surface area (Å²) in [6.07, 6.45) is 1.75. The highest BCUT2D eigenvalue weighted by Gasteiger charge is 2.16. The molecule has 28 heavy (non-hydrogen) atoms. The molecule has 0 radical (unpaired) electrons. The Morgan fingerprint density at radius 3 is 2.82 bits per heavy atom. The maximum absolute atomic E-state index is 6.17. The van der Waals surface area contributed by atoms with Gasteiger partial charge in [0.25, 0.3) is 0 Å². The van der Waals surface area contributed by atoms with Crippen molar-refractivity contribution in [1.82, 2.24) is 19.6 Å². The average molecular weight is 453 g/mol. The van der Waals surface area contributed by atoms with E-state index in [2.05, 4.69) is 10.2 Å². The van der Waals surface area contributed by atoms with Gasteiger partial charge in [-0.1, -0.05) is 41.0 Å². The molecule has 0 aliphatic carbocycles. The summed E-state index contributed by atoms with van der Waals surface area (Å²) in [6.45, 7) is 0. The first-order valence-corrected chi connectivity index (χ1v) is 10.7. The van der Waals surface area contributed by atoms with Crippen LogP contribution in [-0.4, -0.2) is 33.8 Å². The number of halogens is 2. The van der Waals surface area contributed by atoms with E-state index in [1.165, 1.54) is 11.8 Å². The van der Waals surface area contributed by atoms with Gasteiger partial charge >= 0.3 is 0 Å². The zero-order valence-corrected chi connectivity index (χ0v) is 18.0. The molecule has 0 fully saturated rings. The fourth-order valence-electron chi connectivity index (χ4n) is 2.69. The summed E-state index contributed by atoms with van der Waals surface area (Å²) in [6, 6.07) is 7.39. The molecular weight excluding hydrogens is 439 g/mol. The predicted octanol–water partition coefficient (Wildman–Crippen LogP) is 5.47. The summed E-state index contributed by atoms with van der Waals surface area (Å²) in [4.78, 5) is 4.73. The number of nitrogens with zero attached hydrogens (tertiary/aromatic N) is 4. The van der Waals surface area contributed by atoms with Crippen LogP contribution < -0.4 is 9.47 Å². The second-order valence-corrected chi connectivity index (χ2v) is 8.30. The van der Waals surface area contributed by atoms with Crippen LogP contribution in [0.4, 0.5) is 0 Å². The number of thiazole rings is 1. The standard InChI is InChI=1S/C18H14Cl2N4O2S2/c1-25-14-5-3-4-12(15(14)26-2)17-21-11(8-27-17)9-28-18-23-22-16-13(20)6-10(19)7-24(16)18/h3-8H,9H2,1-2H3. The van der Waals surface area contributed by atoms with Crippen LogP contribution in [0.15, 0.2) is 41.0 Å². The number of para-hydroxylation sites is 1. The van der Waals surface area contributed by atoms with E-state index in [-0.39, 0.29) is 0 Å². The zero-order chi connectivity index (χ0) is 19.7. The molecule has 4 rings (SSSR count). The lowest BCUT2D eigenvalue weighted by molar-refractivity contribution is 0.356. The minimum Gasteiger partial charge on any atom is -0.493 e. The SMILES string of the molecule is COc1cccc(-c2nc(CSc3nnc4c(Cl)cc(Cl)cn34)cs2)c1OC. The molecule has 3 aromatic heterocycles. The largest absolute Gasteiger partial charge is 0.493 e. The summed E-state index contributed by atoms with van der Waals surface area (Å²) in [7, 11) is 3.24. The Labute approximate surface area is 179 Å². The van der Waals surface area contributed by atoms with Crippen molar-refractivity contribution in [1.29, 1.82) is 0 Å². The molecule has 0 N–H and O–H groups in total. The highest BCUT2D eigenvalue weighted by Crippen LogP contribution is 2.39. The molecule has 0 saturated carbocycles. The highest BCUT2D eigenvalue weighted by atomic mass is 35.5. The smallest absolute Gasteiger partial charge is 0.196 e. The van der Waals surface area contributed by atoms with Crippen molar-refractivity contribution in [2.24, 2.45) is 0 Å². The molecule has 0 saturated heterocycles. The summed E-state index contributed by atoms with van der Waals surface area (Å²) in [5.74, 6) is 1.98. The van der Waals surface area contributed by atoms with Gasteiger partial charge in [0.2, 0.25) is 0 Å². The highest BCUT2D eigenvalue weighted by molar-refractivity contribution is 7.98. The molecule has 4 aromatic rings. The van der Waals surface area contributed by atoms with Crippen LogP contribution >= 0.6 is 46.3 Å². The fraction of sp³-hybridized carbons (Fsp3) is 0.167. The minimum atomic E-state index is 0.466. The molecule has 0 aliphatic rings. The molecule has 0 unspecified atom stereocenters. The number of hydrogen-bond acceptors (Lipinski definition) is 7. The summed E-state index contributed by atoms with van der Waals surface area (Å²) >= 11 is 15.3. The number of fused-ring (bicyclic) bond motifs is 1. The van der Waals surface area contributed by atoms with E-state index in [4.69, 9.17) is 37.7 Å². The van der Waals surface area contributed by atoms with Crippen LogP contribution in [0.1, 0.15) is 5.69 Å². The second kappa shape index (κ2) is 8.16. The maximum atomic E-state index is 6.17. The number of rotatable bonds is 6. The Morgan fingerprint density at radius 2 is 2.04 bits per heavy atom. The third-order valence-corrected chi connectivity index (χ3v) is 6.32. The van der Waals surface area contributed by atoms with Crippen LogP contribution in [-0.2, 0) is 5.75 Å². The van der Waals surface area contributed by atoms with Gasteiger partial charge in [0.05, 0.1) is 35.5 Å². The van der Waals surface area contributed by atoms with E-state index in [0.717, 1.165) is 16.3 Å². The Balaban J connectivity index is 1.57. The van der Waals surface area contributed by atoms with Gasteiger partial charge < -0.3 is 9.47 Å². The Kier molecular flexibility index (Phi) is 5.63. The molecule has 10 heteroatoms. The topological polar surface area (TPSA) is 61.5 Å². The average Bonchev–Trinajstić information content (AvgIpc) is 3.32. The molecular formula is C18H14Cl2N4O2S2. The van der Waals surface area contributed by atoms with Gasteiger partial charge in [-0.3, -0.25) is 4.40 Å². The van der Waals surface area contributed by atoms with E-state index in [9.17, 15) is 0 Å². The molecule has 0 atom stereocenters. The van der Waals surface area contributed by atoms with Crippen molar-refractivity contribution in [3.8, 4) is 22.1 Å². The van der Waals surface area contributed by atoms with Gasteiger partial charge in [0.1, 0.15) is 5.01 Å². The Bertz CT molecular complexity index is 1150. The second-order valence-electron chi connectivity index (χ2n) is 5.66. The van der Waals surface area contributed by atoms with Crippen molar-refractivity contribution in [2.75, 3.05) is 14.2 Å². The van der Waals surface area contributed by atoms with Crippen LogP contribution in [0.5, 0.6) is 11.5 Å². The van der Waals surface area contributed by atoms with Gasteiger partial charge in [0, 0.05) is 17.3 Å². The number of thioether (sulfide) groups is 1. The van der Waals surface area contributed by atoms with E-state index in [0.29, 0.717) is 38.1 Å². The van der Waals surface area contributed by atoms with Crippen molar-refractivity contribution in [3.05, 3.63) is 51.6 Å². The predicted molar refractivity (Wildman–Crippen MR) is 113 cm³/mol. The first-order valence-electron chi connectivity index (χ1n) is 8.09. The van der Waals surface area contributed by atoms with Crippen molar-refractivity contribution in [2.45, 2.75) is 10.9 Å². The quantitative estimate of drug-likeness (QED) is 0.361. The van der Waals surface area contributed by atoms with Gasteiger partial charge in [0.15, 0.2) is 22.3 Å². The summed E-state index contributed by atoms with van der Waals surface area (Å²) in [5.41, 5.74) is 2.41. The summed E-state index contributed by atoms with van der Waals surface area (Å²) in [5, 5.41) is 12.9. The van der Waals surface area contributed by atoms with Crippen molar-refractivity contribution >= 4 is 51.9 Å². The molecule has 6 nitrogen and oxygen atoms in total. The molecule has 0 amide bonds. The third kappa shape index (κ3) is 3.65. The molecule has 144 valence electrons. The van der Waals surface area contributed by atoms with Gasteiger partial charge in [-0.2, -0.15) is 0 Å². The van der Waals surface area contributed by atoms with E-state index < -0.39 is 0 Å². The van der Waals surface area contributed by atoms with E-state index >= 15 is 0 Å². The Hall–Kier alpha value is -2.00. The van der Waals surface area contributed by atoms with E-state index in [1.54, 1.807) is 42.2 Å². The lowest BCUT2D eigenvalue weighted by Gasteiger charge is -2.10. The lowest BCUT2D eigenvalue weighted by Crippen LogP contribution is -1.93. The maximum Gasteiger partial charge on any atom is 0.196 e. The third-order valence-electron chi connectivity index (χ3n) is 3.93. The van der Waals surface area contributed by atoms with Crippen LogP contribution in [0.2, 0.25) is 10.0 Å². The molecule has 0 spiro atoms. The van der Waals surface area contributed by atoms with Crippen molar-refractivity contribution in [3.63, 3.8) is 0 Å². The number of aromatic nitrogens is 4. The van der Waals surface area contributed by atoms with Gasteiger partial charge in [-0.25, -0.2) is 4.98 Å². The molecule has 3 heterocycles. The first-order chi connectivity index (χ1) is 13.6. The fourth-order valence-corrected chi connectivity index (χ4v) is 4.95. The number of methoxy groups -OCH3 is 2. The van der Waals surface area contributed by atoms with Crippen molar-refractivity contribution < 1.29 is 9.47 Å². The number of pyridine rings is 1. The van der Waals surface area contributed by atoms with E-state index in [1.807, 2.05) is 23.6 Å². The summed E-state index contributed by atoms with van der Waals surface area (Å²) < 4.78 is 12.7. The Morgan fingerprint density at radius 1 is 1.18 bits per heavy atom. The monoisotopic (exact) mass is 452 g/mol. The van der Waals surface area contributed by atoms with Crippen LogP contribution in [0, 0.1) is 0 Å². The number of ether oxygens (including phenoxy) is 2. The molecule has 0 aliphatic heterocycles. The number of hydrogen-bond donors (Lipinski definition) is 0. The first kappa shape index (κ1) is 19.3. The van der Waals surface area contributed by atoms with Gasteiger partial charge in [-0.05, 0) is 18.2 Å². The lowest BCUT2D eigenvalue weighted by atomic mass is 10.2. The van der Waals surface area contributed by atoms with Gasteiger partial charge in [-0.15, -0.1) is 21.5 Å².